The number of allylic oxidation sites excluding steroid dienone is 1. The van der Waals surface area contributed by atoms with E-state index in [1.54, 1.807) is 0 Å². The summed E-state index contributed by atoms with van der Waals surface area (Å²) in [6.45, 7) is 0. The number of fused-ring (bicyclic) bond motifs is 1. The van der Waals surface area contributed by atoms with Crippen LogP contribution in [0.2, 0.25) is 0 Å². The highest BCUT2D eigenvalue weighted by atomic mass is 16.4. The zero-order chi connectivity index (χ0) is 11.5. The van der Waals surface area contributed by atoms with Crippen LogP contribution in [0.3, 0.4) is 0 Å². The van der Waals surface area contributed by atoms with Gasteiger partial charge in [-0.25, -0.2) is 0 Å². The van der Waals surface area contributed by atoms with Crippen molar-refractivity contribution in [2.24, 2.45) is 0 Å². The van der Waals surface area contributed by atoms with Crippen molar-refractivity contribution in [3.05, 3.63) is 41.6 Å². The van der Waals surface area contributed by atoms with E-state index in [0.29, 0.717) is 6.42 Å². The lowest BCUT2D eigenvalue weighted by Gasteiger charge is -2.25. The highest BCUT2D eigenvalue weighted by molar-refractivity contribution is 5.67. The van der Waals surface area contributed by atoms with Crippen molar-refractivity contribution in [2.75, 3.05) is 11.9 Å². The van der Waals surface area contributed by atoms with E-state index in [2.05, 4.69) is 17.0 Å². The summed E-state index contributed by atoms with van der Waals surface area (Å²) in [6.07, 6.45) is 3.76. The lowest BCUT2D eigenvalue weighted by Crippen LogP contribution is -2.17. The number of carbonyl (C=O) groups is 1. The molecule has 1 N–H and O–H groups in total. The molecule has 0 amide bonds. The largest absolute Gasteiger partial charge is 0.481 e. The molecule has 84 valence electrons. The van der Waals surface area contributed by atoms with Gasteiger partial charge in [0.2, 0.25) is 0 Å². The summed E-state index contributed by atoms with van der Waals surface area (Å²) < 4.78 is 0. The van der Waals surface area contributed by atoms with Crippen molar-refractivity contribution in [2.45, 2.75) is 19.3 Å². The Kier molecular flexibility index (Phi) is 2.95. The molecule has 0 spiro atoms. The molecule has 1 heterocycles. The average Bonchev–Trinajstić information content (AvgIpc) is 2.26. The van der Waals surface area contributed by atoms with E-state index in [1.165, 1.54) is 16.8 Å². The van der Waals surface area contributed by atoms with E-state index < -0.39 is 5.97 Å². The molecule has 0 aliphatic carbocycles. The summed E-state index contributed by atoms with van der Waals surface area (Å²) in [5, 5.41) is 8.66. The highest BCUT2D eigenvalue weighted by Crippen LogP contribution is 2.28. The van der Waals surface area contributed by atoms with Crippen LogP contribution in [0.4, 0.5) is 5.69 Å². The van der Waals surface area contributed by atoms with Crippen molar-refractivity contribution in [3.8, 4) is 0 Å². The maximum absolute atomic E-state index is 10.5. The minimum atomic E-state index is -0.734. The molecule has 0 fully saturated rings. The molecule has 0 atom stereocenters. The molecular formula is C13H15NO2. The number of carboxylic acids is 1. The van der Waals surface area contributed by atoms with Gasteiger partial charge in [-0.2, -0.15) is 0 Å². The predicted octanol–water partition coefficient (Wildman–Crippen LogP) is 2.43. The van der Waals surface area contributed by atoms with Crippen molar-refractivity contribution >= 4 is 11.7 Å². The van der Waals surface area contributed by atoms with Gasteiger partial charge in [-0.1, -0.05) is 18.2 Å². The highest BCUT2D eigenvalue weighted by Gasteiger charge is 2.14. The van der Waals surface area contributed by atoms with Crippen molar-refractivity contribution in [1.29, 1.82) is 0 Å². The summed E-state index contributed by atoms with van der Waals surface area (Å²) in [7, 11) is 2.00. The van der Waals surface area contributed by atoms with Gasteiger partial charge >= 0.3 is 5.97 Å². The second-order valence-electron chi connectivity index (χ2n) is 4.10. The molecule has 0 radical (unpaired) electrons. The van der Waals surface area contributed by atoms with E-state index in [0.717, 1.165) is 6.42 Å². The molecule has 0 unspecified atom stereocenters. The third kappa shape index (κ3) is 2.24. The number of hydrogen-bond donors (Lipinski definition) is 1. The van der Waals surface area contributed by atoms with Crippen molar-refractivity contribution in [3.63, 3.8) is 0 Å². The van der Waals surface area contributed by atoms with Gasteiger partial charge in [0.15, 0.2) is 0 Å². The van der Waals surface area contributed by atoms with Crippen molar-refractivity contribution < 1.29 is 9.90 Å². The number of rotatable bonds is 3. The Labute approximate surface area is 95.0 Å². The van der Waals surface area contributed by atoms with Gasteiger partial charge in [-0.3, -0.25) is 4.79 Å². The Morgan fingerprint density at radius 1 is 1.44 bits per heavy atom. The zero-order valence-electron chi connectivity index (χ0n) is 9.31. The SMILES string of the molecule is CN1C=C(CCC(=O)O)Cc2ccccc21. The van der Waals surface area contributed by atoms with Gasteiger partial charge in [0.05, 0.1) is 0 Å². The molecule has 1 aliphatic rings. The summed E-state index contributed by atoms with van der Waals surface area (Å²) in [5.74, 6) is -0.734. The van der Waals surface area contributed by atoms with Gasteiger partial charge in [0, 0.05) is 25.4 Å². The zero-order valence-corrected chi connectivity index (χ0v) is 9.31. The molecular weight excluding hydrogens is 202 g/mol. The van der Waals surface area contributed by atoms with Crippen LogP contribution in [0.5, 0.6) is 0 Å². The van der Waals surface area contributed by atoms with Crippen LogP contribution < -0.4 is 4.90 Å². The monoisotopic (exact) mass is 217 g/mol. The quantitative estimate of drug-likeness (QED) is 0.845. The number of carboxylic acid groups (broad SMARTS) is 1. The maximum Gasteiger partial charge on any atom is 0.303 e. The van der Waals surface area contributed by atoms with Gasteiger partial charge in [0.25, 0.3) is 0 Å². The fourth-order valence-electron chi connectivity index (χ4n) is 2.06. The van der Waals surface area contributed by atoms with E-state index in [4.69, 9.17) is 5.11 Å². The van der Waals surface area contributed by atoms with Crippen LogP contribution in [0.25, 0.3) is 0 Å². The standard InChI is InChI=1S/C13H15NO2/c1-14-9-10(6-7-13(15)16)8-11-4-2-3-5-12(11)14/h2-5,9H,6-8H2,1H3,(H,15,16). The van der Waals surface area contributed by atoms with Gasteiger partial charge < -0.3 is 10.0 Å². The molecule has 2 rings (SSSR count). The van der Waals surface area contributed by atoms with E-state index >= 15 is 0 Å². The first-order valence-electron chi connectivity index (χ1n) is 5.39. The first-order chi connectivity index (χ1) is 7.66. The molecule has 0 saturated heterocycles. The third-order valence-electron chi connectivity index (χ3n) is 2.83. The second-order valence-corrected chi connectivity index (χ2v) is 4.10. The van der Waals surface area contributed by atoms with Crippen LogP contribution in [-0.4, -0.2) is 18.1 Å². The summed E-state index contributed by atoms with van der Waals surface area (Å²) in [5.41, 5.74) is 3.66. The third-order valence-corrected chi connectivity index (χ3v) is 2.83. The van der Waals surface area contributed by atoms with Crippen molar-refractivity contribution in [1.82, 2.24) is 0 Å². The van der Waals surface area contributed by atoms with E-state index in [-0.39, 0.29) is 6.42 Å². The van der Waals surface area contributed by atoms with E-state index in [1.807, 2.05) is 25.4 Å². The number of nitrogens with zero attached hydrogens (tertiary/aromatic N) is 1. The van der Waals surface area contributed by atoms with Crippen LogP contribution >= 0.6 is 0 Å². The van der Waals surface area contributed by atoms with Gasteiger partial charge in [-0.15, -0.1) is 0 Å². The molecule has 0 saturated carbocycles. The predicted molar refractivity (Wildman–Crippen MR) is 63.5 cm³/mol. The smallest absolute Gasteiger partial charge is 0.303 e. The number of para-hydroxylation sites is 1. The molecule has 3 nitrogen and oxygen atoms in total. The fraction of sp³-hybridized carbons (Fsp3) is 0.308. The van der Waals surface area contributed by atoms with Crippen LogP contribution in [0.1, 0.15) is 18.4 Å². The topological polar surface area (TPSA) is 40.5 Å². The molecule has 0 bridgehead atoms. The molecule has 16 heavy (non-hydrogen) atoms. The molecule has 1 aromatic carbocycles. The summed E-state index contributed by atoms with van der Waals surface area (Å²) in [6, 6.07) is 8.22. The summed E-state index contributed by atoms with van der Waals surface area (Å²) in [4.78, 5) is 12.6. The molecule has 3 heteroatoms. The first-order valence-corrected chi connectivity index (χ1v) is 5.39. The fourth-order valence-corrected chi connectivity index (χ4v) is 2.06. The Hall–Kier alpha value is -1.77. The average molecular weight is 217 g/mol. The van der Waals surface area contributed by atoms with Crippen LogP contribution in [0, 0.1) is 0 Å². The minimum Gasteiger partial charge on any atom is -0.481 e. The normalized spacial score (nSPS) is 14.3. The number of aliphatic carboxylic acids is 1. The van der Waals surface area contributed by atoms with Crippen LogP contribution in [-0.2, 0) is 11.2 Å². The lowest BCUT2D eigenvalue weighted by molar-refractivity contribution is -0.136. The lowest BCUT2D eigenvalue weighted by atomic mass is 9.97. The maximum atomic E-state index is 10.5. The number of anilines is 1. The van der Waals surface area contributed by atoms with Crippen LogP contribution in [0.15, 0.2) is 36.0 Å². The Balaban J connectivity index is 2.13. The molecule has 1 aromatic rings. The Bertz CT molecular complexity index is 437. The van der Waals surface area contributed by atoms with Gasteiger partial charge in [-0.05, 0) is 30.0 Å². The number of hydrogen-bond acceptors (Lipinski definition) is 2. The minimum absolute atomic E-state index is 0.210. The first kappa shape index (κ1) is 10.7. The van der Waals surface area contributed by atoms with Gasteiger partial charge in [0.1, 0.15) is 0 Å². The molecule has 1 aliphatic heterocycles. The molecule has 0 aromatic heterocycles. The Morgan fingerprint density at radius 2 is 2.19 bits per heavy atom. The second kappa shape index (κ2) is 4.39. The van der Waals surface area contributed by atoms with E-state index in [9.17, 15) is 4.79 Å². The Morgan fingerprint density at radius 3 is 2.94 bits per heavy atom. The number of benzene rings is 1. The summed E-state index contributed by atoms with van der Waals surface area (Å²) >= 11 is 0.